The van der Waals surface area contributed by atoms with Gasteiger partial charge < -0.3 is 20.5 Å². The highest BCUT2D eigenvalue weighted by Gasteiger charge is 2.21. The molecule has 2 aromatic rings. The van der Waals surface area contributed by atoms with Crippen LogP contribution in [0.25, 0.3) is 0 Å². The van der Waals surface area contributed by atoms with Crippen LogP contribution in [0.15, 0.2) is 36.4 Å². The maximum absolute atomic E-state index is 12.7. The highest BCUT2D eigenvalue weighted by Crippen LogP contribution is 2.24. The van der Waals surface area contributed by atoms with Crippen molar-refractivity contribution < 1.29 is 24.2 Å². The van der Waals surface area contributed by atoms with Crippen LogP contribution in [-0.4, -0.2) is 30.0 Å². The number of anilines is 1. The molecule has 0 spiro atoms. The quantitative estimate of drug-likeness (QED) is 0.658. The number of carboxylic acids is 1. The molecule has 0 aliphatic rings. The van der Waals surface area contributed by atoms with Crippen molar-refractivity contribution in [1.82, 2.24) is 5.32 Å². The van der Waals surface area contributed by atoms with Gasteiger partial charge in [0, 0.05) is 17.6 Å². The average Bonchev–Trinajstić information content (AvgIpc) is 2.66. The second-order valence-electron chi connectivity index (χ2n) is 7.42. The van der Waals surface area contributed by atoms with Crippen molar-refractivity contribution in [3.05, 3.63) is 58.1 Å². The summed E-state index contributed by atoms with van der Waals surface area (Å²) in [6, 6.07) is 9.18. The van der Waals surface area contributed by atoms with Crippen LogP contribution in [0, 0.1) is 5.41 Å². The van der Waals surface area contributed by atoms with Crippen LogP contribution in [-0.2, 0) is 11.3 Å². The van der Waals surface area contributed by atoms with E-state index in [1.807, 2.05) is 20.8 Å². The number of ether oxygens (including phenoxy) is 1. The van der Waals surface area contributed by atoms with Crippen molar-refractivity contribution in [3.8, 4) is 5.75 Å². The van der Waals surface area contributed by atoms with Gasteiger partial charge in [-0.2, -0.15) is 0 Å². The lowest BCUT2D eigenvalue weighted by Gasteiger charge is -2.18. The number of carbonyl (C=O) groups excluding carboxylic acids is 2. The lowest BCUT2D eigenvalue weighted by atomic mass is 9.95. The molecule has 0 unspecified atom stereocenters. The van der Waals surface area contributed by atoms with Gasteiger partial charge in [0.15, 0.2) is 0 Å². The molecule has 0 saturated heterocycles. The van der Waals surface area contributed by atoms with Gasteiger partial charge >= 0.3 is 5.97 Å². The van der Waals surface area contributed by atoms with Gasteiger partial charge in [-0.15, -0.1) is 0 Å². The van der Waals surface area contributed by atoms with Gasteiger partial charge in [-0.25, -0.2) is 4.79 Å². The van der Waals surface area contributed by atoms with Crippen molar-refractivity contribution in [2.75, 3.05) is 12.4 Å². The first kappa shape index (κ1) is 22.2. The van der Waals surface area contributed by atoms with Gasteiger partial charge in [0.25, 0.3) is 5.91 Å². The fourth-order valence-corrected chi connectivity index (χ4v) is 2.66. The van der Waals surface area contributed by atoms with Crippen molar-refractivity contribution in [2.45, 2.75) is 27.3 Å². The van der Waals surface area contributed by atoms with E-state index < -0.39 is 17.3 Å². The number of halogens is 1. The third-order valence-electron chi connectivity index (χ3n) is 4.10. The molecule has 0 aliphatic carbocycles. The summed E-state index contributed by atoms with van der Waals surface area (Å²) in [7, 11) is 1.36. The monoisotopic (exact) mass is 418 g/mol. The lowest BCUT2D eigenvalue weighted by molar-refractivity contribution is -0.128. The summed E-state index contributed by atoms with van der Waals surface area (Å²) in [5.74, 6) is -1.60. The summed E-state index contributed by atoms with van der Waals surface area (Å²) in [6.45, 7) is 5.68. The first-order valence-corrected chi connectivity index (χ1v) is 9.20. The molecule has 0 atom stereocenters. The Morgan fingerprint density at radius 2 is 1.76 bits per heavy atom. The smallest absolute Gasteiger partial charge is 0.339 e. The molecule has 3 N–H and O–H groups in total. The number of hydrogen-bond donors (Lipinski definition) is 3. The topological polar surface area (TPSA) is 105 Å². The molecule has 8 heteroatoms. The maximum atomic E-state index is 12.7. The number of amides is 2. The summed E-state index contributed by atoms with van der Waals surface area (Å²) < 4.78 is 5.01. The van der Waals surface area contributed by atoms with Crippen molar-refractivity contribution in [2.24, 2.45) is 5.41 Å². The number of benzene rings is 2. The van der Waals surface area contributed by atoms with E-state index in [0.717, 1.165) is 0 Å². The molecule has 0 saturated carbocycles. The second kappa shape index (κ2) is 8.96. The molecule has 29 heavy (non-hydrogen) atoms. The Labute approximate surface area is 174 Å². The summed E-state index contributed by atoms with van der Waals surface area (Å²) in [5.41, 5.74) is 0.605. The SMILES string of the molecule is COc1ccc(NC(=O)c2cc(CNC(=O)C(C)(C)C)ccc2Cl)cc1C(=O)O. The molecule has 0 bridgehead atoms. The van der Waals surface area contributed by atoms with E-state index in [1.54, 1.807) is 18.2 Å². The van der Waals surface area contributed by atoms with Crippen LogP contribution in [0.2, 0.25) is 5.02 Å². The van der Waals surface area contributed by atoms with Gasteiger partial charge in [0.05, 0.1) is 17.7 Å². The van der Waals surface area contributed by atoms with E-state index in [1.165, 1.54) is 25.3 Å². The predicted octanol–water partition coefficient (Wildman–Crippen LogP) is 3.96. The summed E-state index contributed by atoms with van der Waals surface area (Å²) in [6.07, 6.45) is 0. The first-order chi connectivity index (χ1) is 13.5. The number of carbonyl (C=O) groups is 3. The minimum Gasteiger partial charge on any atom is -0.496 e. The predicted molar refractivity (Wildman–Crippen MR) is 111 cm³/mol. The Bertz CT molecular complexity index is 951. The maximum Gasteiger partial charge on any atom is 0.339 e. The zero-order chi connectivity index (χ0) is 21.8. The highest BCUT2D eigenvalue weighted by molar-refractivity contribution is 6.34. The minimum atomic E-state index is -1.17. The van der Waals surface area contributed by atoms with E-state index >= 15 is 0 Å². The standard InChI is InChI=1S/C21H23ClN2O5/c1-21(2,3)20(28)23-11-12-5-7-16(22)14(9-12)18(25)24-13-6-8-17(29-4)15(10-13)19(26)27/h5-10H,11H2,1-4H3,(H,23,28)(H,24,25)(H,26,27). The van der Waals surface area contributed by atoms with Crippen LogP contribution < -0.4 is 15.4 Å². The fourth-order valence-electron chi connectivity index (χ4n) is 2.46. The molecule has 0 heterocycles. The number of aromatic carboxylic acids is 1. The van der Waals surface area contributed by atoms with E-state index in [-0.39, 0.29) is 40.0 Å². The van der Waals surface area contributed by atoms with Gasteiger partial charge in [0.1, 0.15) is 11.3 Å². The molecule has 154 valence electrons. The molecule has 0 radical (unpaired) electrons. The molecule has 2 amide bonds. The largest absolute Gasteiger partial charge is 0.496 e. The third-order valence-corrected chi connectivity index (χ3v) is 4.43. The molecule has 0 fully saturated rings. The van der Waals surface area contributed by atoms with E-state index in [2.05, 4.69) is 10.6 Å². The van der Waals surface area contributed by atoms with E-state index in [9.17, 15) is 19.5 Å². The second-order valence-corrected chi connectivity index (χ2v) is 7.83. The minimum absolute atomic E-state index is 0.0740. The van der Waals surface area contributed by atoms with Crippen LogP contribution in [0.1, 0.15) is 47.1 Å². The molecular formula is C21H23ClN2O5. The van der Waals surface area contributed by atoms with Crippen molar-refractivity contribution in [1.29, 1.82) is 0 Å². The number of nitrogens with one attached hydrogen (secondary N) is 2. The van der Waals surface area contributed by atoms with Gasteiger partial charge in [0.2, 0.25) is 5.91 Å². The third kappa shape index (κ3) is 5.71. The molecule has 0 aromatic heterocycles. The lowest BCUT2D eigenvalue weighted by Crippen LogP contribution is -2.34. The summed E-state index contributed by atoms with van der Waals surface area (Å²) in [5, 5.41) is 14.9. The molecule has 2 aromatic carbocycles. The summed E-state index contributed by atoms with van der Waals surface area (Å²) in [4.78, 5) is 36.0. The first-order valence-electron chi connectivity index (χ1n) is 8.82. The zero-order valence-corrected chi connectivity index (χ0v) is 17.4. The summed E-state index contributed by atoms with van der Waals surface area (Å²) >= 11 is 6.16. The van der Waals surface area contributed by atoms with Gasteiger partial charge in [-0.1, -0.05) is 38.4 Å². The van der Waals surface area contributed by atoms with Crippen LogP contribution in [0.5, 0.6) is 5.75 Å². The van der Waals surface area contributed by atoms with E-state index in [4.69, 9.17) is 16.3 Å². The zero-order valence-electron chi connectivity index (χ0n) is 16.6. The highest BCUT2D eigenvalue weighted by atomic mass is 35.5. The average molecular weight is 419 g/mol. The van der Waals surface area contributed by atoms with Crippen LogP contribution in [0.4, 0.5) is 5.69 Å². The Morgan fingerprint density at radius 1 is 1.07 bits per heavy atom. The van der Waals surface area contributed by atoms with Gasteiger partial charge in [-0.05, 0) is 35.9 Å². The normalized spacial score (nSPS) is 10.9. The Hall–Kier alpha value is -3.06. The van der Waals surface area contributed by atoms with Gasteiger partial charge in [-0.3, -0.25) is 9.59 Å². The van der Waals surface area contributed by atoms with Crippen molar-refractivity contribution >= 4 is 35.1 Å². The Kier molecular flexibility index (Phi) is 6.87. The molecular weight excluding hydrogens is 396 g/mol. The Morgan fingerprint density at radius 3 is 2.34 bits per heavy atom. The Balaban J connectivity index is 2.20. The fraction of sp³-hybridized carbons (Fsp3) is 0.286. The van der Waals surface area contributed by atoms with E-state index in [0.29, 0.717) is 5.56 Å². The van der Waals surface area contributed by atoms with Crippen molar-refractivity contribution in [3.63, 3.8) is 0 Å². The number of methoxy groups -OCH3 is 1. The molecule has 0 aliphatic heterocycles. The molecule has 7 nitrogen and oxygen atoms in total. The van der Waals surface area contributed by atoms with Crippen LogP contribution >= 0.6 is 11.6 Å². The van der Waals surface area contributed by atoms with Crippen LogP contribution in [0.3, 0.4) is 0 Å². The number of hydrogen-bond acceptors (Lipinski definition) is 4. The number of rotatable bonds is 6. The number of carboxylic acid groups (broad SMARTS) is 1. The molecule has 2 rings (SSSR count).